The number of ether oxygens (including phenoxy) is 1. The van der Waals surface area contributed by atoms with E-state index in [9.17, 15) is 12.8 Å². The molecule has 0 spiro atoms. The summed E-state index contributed by atoms with van der Waals surface area (Å²) < 4.78 is 50.3. The lowest BCUT2D eigenvalue weighted by molar-refractivity contribution is 0.151. The molecule has 25 heavy (non-hydrogen) atoms. The molecule has 0 N–H and O–H groups in total. The number of piperidine rings is 1. The molecule has 0 bridgehead atoms. The Hall–Kier alpha value is -1.84. The molecule has 0 saturated carbocycles. The Morgan fingerprint density at radius 2 is 2.08 bits per heavy atom. The van der Waals surface area contributed by atoms with Crippen molar-refractivity contribution in [2.45, 2.75) is 36.7 Å². The SMILES string of the molecule is COCc1nc(C2(C)CCCN(S(=O)(=O)c3ccc(F)cc3)C2)no1. The van der Waals surface area contributed by atoms with E-state index >= 15 is 0 Å². The van der Waals surface area contributed by atoms with E-state index in [1.165, 1.54) is 23.5 Å². The van der Waals surface area contributed by atoms with Crippen molar-refractivity contribution in [1.82, 2.24) is 14.4 Å². The Bertz CT molecular complexity index is 837. The van der Waals surface area contributed by atoms with Gasteiger partial charge in [-0.1, -0.05) is 12.1 Å². The molecule has 1 unspecified atom stereocenters. The second-order valence-corrected chi connectivity index (χ2v) is 8.34. The maximum absolute atomic E-state index is 13.1. The summed E-state index contributed by atoms with van der Waals surface area (Å²) in [7, 11) is -2.17. The molecule has 0 radical (unpaired) electrons. The quantitative estimate of drug-likeness (QED) is 0.802. The number of rotatable bonds is 5. The van der Waals surface area contributed by atoms with Crippen LogP contribution in [-0.4, -0.2) is 43.1 Å². The standard InChI is InChI=1S/C16H20FN3O4S/c1-16(15-18-14(10-23-2)24-19-15)8-3-9-20(11-16)25(21,22)13-6-4-12(17)5-7-13/h4-7H,3,8-11H2,1-2H3. The number of methoxy groups -OCH3 is 1. The first kappa shape index (κ1) is 18.0. The molecule has 2 aromatic rings. The maximum atomic E-state index is 13.1. The summed E-state index contributed by atoms with van der Waals surface area (Å²) in [5.74, 6) is 0.357. The van der Waals surface area contributed by atoms with E-state index in [1.54, 1.807) is 0 Å². The molecule has 0 amide bonds. The van der Waals surface area contributed by atoms with Crippen LogP contribution >= 0.6 is 0 Å². The van der Waals surface area contributed by atoms with Crippen LogP contribution in [0.5, 0.6) is 0 Å². The first-order valence-electron chi connectivity index (χ1n) is 7.93. The molecule has 3 rings (SSSR count). The van der Waals surface area contributed by atoms with Crippen molar-refractivity contribution in [1.29, 1.82) is 0 Å². The van der Waals surface area contributed by atoms with Gasteiger partial charge in [-0.2, -0.15) is 9.29 Å². The van der Waals surface area contributed by atoms with Crippen LogP contribution in [-0.2, 0) is 26.8 Å². The molecule has 0 aliphatic carbocycles. The number of halogens is 1. The fourth-order valence-electron chi connectivity index (χ4n) is 3.02. The minimum atomic E-state index is -3.71. The van der Waals surface area contributed by atoms with Gasteiger partial charge >= 0.3 is 0 Å². The van der Waals surface area contributed by atoms with E-state index in [4.69, 9.17) is 9.26 Å². The van der Waals surface area contributed by atoms with Crippen molar-refractivity contribution in [3.63, 3.8) is 0 Å². The lowest BCUT2D eigenvalue weighted by Gasteiger charge is -2.37. The van der Waals surface area contributed by atoms with Gasteiger partial charge in [-0.05, 0) is 37.1 Å². The topological polar surface area (TPSA) is 85.5 Å². The van der Waals surface area contributed by atoms with Crippen molar-refractivity contribution in [2.24, 2.45) is 0 Å². The third-order valence-corrected chi connectivity index (χ3v) is 6.25. The normalized spacial score (nSPS) is 22.2. The van der Waals surface area contributed by atoms with Gasteiger partial charge in [0.25, 0.3) is 5.89 Å². The molecule has 1 fully saturated rings. The van der Waals surface area contributed by atoms with Gasteiger partial charge < -0.3 is 9.26 Å². The second-order valence-electron chi connectivity index (χ2n) is 6.40. The lowest BCUT2D eigenvalue weighted by atomic mass is 9.82. The van der Waals surface area contributed by atoms with Crippen molar-refractivity contribution in [2.75, 3.05) is 20.2 Å². The van der Waals surface area contributed by atoms with Crippen LogP contribution in [0.1, 0.15) is 31.5 Å². The van der Waals surface area contributed by atoms with E-state index in [-0.39, 0.29) is 18.0 Å². The Labute approximate surface area is 145 Å². The number of sulfonamides is 1. The van der Waals surface area contributed by atoms with E-state index in [0.717, 1.165) is 18.6 Å². The highest BCUT2D eigenvalue weighted by molar-refractivity contribution is 7.89. The highest BCUT2D eigenvalue weighted by atomic mass is 32.2. The molecule has 136 valence electrons. The molecule has 1 aromatic carbocycles. The van der Waals surface area contributed by atoms with Crippen LogP contribution in [0, 0.1) is 5.82 Å². The van der Waals surface area contributed by atoms with Crippen molar-refractivity contribution in [3.8, 4) is 0 Å². The number of nitrogens with zero attached hydrogens (tertiary/aromatic N) is 3. The number of hydrogen-bond donors (Lipinski definition) is 0. The first-order chi connectivity index (χ1) is 11.8. The Balaban J connectivity index is 1.85. The molecular formula is C16H20FN3O4S. The summed E-state index contributed by atoms with van der Waals surface area (Å²) in [6.45, 7) is 2.76. The minimum Gasteiger partial charge on any atom is -0.375 e. The zero-order valence-electron chi connectivity index (χ0n) is 14.1. The largest absolute Gasteiger partial charge is 0.375 e. The average molecular weight is 369 g/mol. The Morgan fingerprint density at radius 1 is 1.36 bits per heavy atom. The van der Waals surface area contributed by atoms with Crippen LogP contribution in [0.2, 0.25) is 0 Å². The summed E-state index contributed by atoms with van der Waals surface area (Å²) in [5.41, 5.74) is -0.555. The summed E-state index contributed by atoms with van der Waals surface area (Å²) in [6, 6.07) is 4.85. The number of aromatic nitrogens is 2. The zero-order chi connectivity index (χ0) is 18.1. The van der Waals surface area contributed by atoms with E-state index in [0.29, 0.717) is 24.7 Å². The second kappa shape index (κ2) is 6.81. The third kappa shape index (κ3) is 3.58. The summed E-state index contributed by atoms with van der Waals surface area (Å²) >= 11 is 0. The molecule has 9 heteroatoms. The Morgan fingerprint density at radius 3 is 2.76 bits per heavy atom. The predicted molar refractivity (Wildman–Crippen MR) is 86.8 cm³/mol. The highest BCUT2D eigenvalue weighted by Gasteiger charge is 2.41. The predicted octanol–water partition coefficient (Wildman–Crippen LogP) is 2.10. The molecule has 1 saturated heterocycles. The van der Waals surface area contributed by atoms with Gasteiger partial charge in [0.2, 0.25) is 10.0 Å². The molecule has 1 aliphatic rings. The van der Waals surface area contributed by atoms with Gasteiger partial charge in [-0.15, -0.1) is 0 Å². The van der Waals surface area contributed by atoms with Crippen LogP contribution in [0.3, 0.4) is 0 Å². The average Bonchev–Trinajstić information content (AvgIpc) is 3.05. The van der Waals surface area contributed by atoms with Crippen LogP contribution in [0.4, 0.5) is 4.39 Å². The van der Waals surface area contributed by atoms with E-state index in [2.05, 4.69) is 10.1 Å². The number of benzene rings is 1. The third-order valence-electron chi connectivity index (χ3n) is 4.39. The van der Waals surface area contributed by atoms with Crippen molar-refractivity contribution >= 4 is 10.0 Å². The molecule has 1 aliphatic heterocycles. The monoisotopic (exact) mass is 369 g/mol. The Kier molecular flexibility index (Phi) is 4.90. The van der Waals surface area contributed by atoms with Crippen molar-refractivity contribution in [3.05, 3.63) is 41.8 Å². The van der Waals surface area contributed by atoms with E-state index in [1.807, 2.05) is 6.92 Å². The lowest BCUT2D eigenvalue weighted by Crippen LogP contribution is -2.47. The van der Waals surface area contributed by atoms with Gasteiger partial charge in [0.1, 0.15) is 12.4 Å². The summed E-state index contributed by atoms with van der Waals surface area (Å²) in [6.07, 6.45) is 1.42. The van der Waals surface area contributed by atoms with Crippen LogP contribution < -0.4 is 0 Å². The maximum Gasteiger partial charge on any atom is 0.252 e. The van der Waals surface area contributed by atoms with Crippen LogP contribution in [0.15, 0.2) is 33.7 Å². The van der Waals surface area contributed by atoms with Gasteiger partial charge in [0.15, 0.2) is 5.82 Å². The highest BCUT2D eigenvalue weighted by Crippen LogP contribution is 2.34. The van der Waals surface area contributed by atoms with Gasteiger partial charge in [-0.25, -0.2) is 12.8 Å². The molecule has 2 heterocycles. The summed E-state index contributed by atoms with van der Waals surface area (Å²) in [5, 5.41) is 3.99. The zero-order valence-corrected chi connectivity index (χ0v) is 14.9. The minimum absolute atomic E-state index is 0.0753. The summed E-state index contributed by atoms with van der Waals surface area (Å²) in [4.78, 5) is 4.40. The van der Waals surface area contributed by atoms with Crippen molar-refractivity contribution < 1.29 is 22.1 Å². The fourth-order valence-corrected chi connectivity index (χ4v) is 4.62. The van der Waals surface area contributed by atoms with Gasteiger partial charge in [0.05, 0.1) is 4.90 Å². The molecule has 7 nitrogen and oxygen atoms in total. The van der Waals surface area contributed by atoms with Crippen LogP contribution in [0.25, 0.3) is 0 Å². The van der Waals surface area contributed by atoms with Gasteiger partial charge in [0, 0.05) is 25.6 Å². The van der Waals surface area contributed by atoms with Gasteiger partial charge in [-0.3, -0.25) is 0 Å². The smallest absolute Gasteiger partial charge is 0.252 e. The fraction of sp³-hybridized carbons (Fsp3) is 0.500. The number of hydrogen-bond acceptors (Lipinski definition) is 6. The molecular weight excluding hydrogens is 349 g/mol. The van der Waals surface area contributed by atoms with E-state index < -0.39 is 21.3 Å². The molecule has 1 atom stereocenters. The molecule has 1 aromatic heterocycles. The first-order valence-corrected chi connectivity index (χ1v) is 9.37.